The smallest absolute Gasteiger partial charge is 0.250 e. The third kappa shape index (κ3) is 5.66. The number of carbonyl (C=O) groups is 2. The summed E-state index contributed by atoms with van der Waals surface area (Å²) in [6.07, 6.45) is 8.92. The Kier molecular flexibility index (Phi) is 7.33. The molecule has 2 unspecified atom stereocenters. The number of hydrazone groups is 1. The summed E-state index contributed by atoms with van der Waals surface area (Å²) in [4.78, 5) is 27.3. The highest BCUT2D eigenvalue weighted by Crippen LogP contribution is 2.31. The zero-order valence-electron chi connectivity index (χ0n) is 19.4. The lowest BCUT2D eigenvalue weighted by atomic mass is 9.80. The lowest BCUT2D eigenvalue weighted by molar-refractivity contribution is -0.136. The van der Waals surface area contributed by atoms with Gasteiger partial charge >= 0.3 is 0 Å². The maximum absolute atomic E-state index is 13.5. The van der Waals surface area contributed by atoms with Gasteiger partial charge in [-0.15, -0.1) is 0 Å². The number of rotatable bonds is 8. The molecular weight excluding hydrogens is 431 g/mol. The number of allylic oxidation sites excluding steroid dienone is 3. The van der Waals surface area contributed by atoms with Crippen LogP contribution in [0.25, 0.3) is 0 Å². The number of benzene rings is 2. The molecule has 1 N–H and O–H groups in total. The quantitative estimate of drug-likeness (QED) is 0.642. The lowest BCUT2D eigenvalue weighted by Gasteiger charge is -2.34. The van der Waals surface area contributed by atoms with Gasteiger partial charge in [-0.05, 0) is 62.5 Å². The summed E-state index contributed by atoms with van der Waals surface area (Å²) in [5.41, 5.74) is 3.16. The Balaban J connectivity index is 1.47. The fraction of sp³-hybridized carbons (Fsp3) is 0.296. The van der Waals surface area contributed by atoms with Crippen molar-refractivity contribution in [2.45, 2.75) is 19.4 Å². The van der Waals surface area contributed by atoms with Gasteiger partial charge in [0.15, 0.2) is 0 Å². The van der Waals surface area contributed by atoms with Gasteiger partial charge in [0.05, 0.1) is 18.2 Å². The van der Waals surface area contributed by atoms with Crippen LogP contribution < -0.4 is 5.32 Å². The fourth-order valence-electron chi connectivity index (χ4n) is 4.15. The van der Waals surface area contributed by atoms with Crippen LogP contribution in [0.2, 0.25) is 0 Å². The number of carbonyl (C=O) groups excluding carboxylic acids is 2. The maximum Gasteiger partial charge on any atom is 0.250 e. The zero-order chi connectivity index (χ0) is 24.1. The molecule has 2 aromatic rings. The SMILES string of the molecule is CN(C)CCCC(=O)Nc1ccc(CN2N=C(c3ccc(F)cc3)C3C=CC=CC3C2=O)cc1. The highest BCUT2D eigenvalue weighted by Gasteiger charge is 2.38. The van der Waals surface area contributed by atoms with Crippen LogP contribution in [0, 0.1) is 17.7 Å². The number of halogens is 1. The van der Waals surface area contributed by atoms with Crippen molar-refractivity contribution in [2.75, 3.05) is 26.0 Å². The van der Waals surface area contributed by atoms with Crippen molar-refractivity contribution in [3.05, 3.63) is 89.8 Å². The Morgan fingerprint density at radius 3 is 2.38 bits per heavy atom. The molecule has 6 nitrogen and oxygen atoms in total. The number of hydrogen-bond donors (Lipinski definition) is 1. The molecule has 0 aromatic heterocycles. The Morgan fingerprint density at radius 2 is 1.71 bits per heavy atom. The van der Waals surface area contributed by atoms with Gasteiger partial charge in [0.1, 0.15) is 5.82 Å². The number of amides is 2. The molecule has 34 heavy (non-hydrogen) atoms. The molecule has 2 aliphatic rings. The molecule has 2 atom stereocenters. The van der Waals surface area contributed by atoms with E-state index in [1.54, 1.807) is 12.1 Å². The van der Waals surface area contributed by atoms with Gasteiger partial charge in [0, 0.05) is 18.0 Å². The molecule has 1 aliphatic carbocycles. The molecule has 0 radical (unpaired) electrons. The zero-order valence-corrected chi connectivity index (χ0v) is 19.4. The minimum absolute atomic E-state index is 0.0162. The fourth-order valence-corrected chi connectivity index (χ4v) is 4.15. The van der Waals surface area contributed by atoms with Crippen molar-refractivity contribution < 1.29 is 14.0 Å². The van der Waals surface area contributed by atoms with Crippen molar-refractivity contribution in [3.63, 3.8) is 0 Å². The number of fused-ring (bicyclic) bond motifs is 1. The first-order valence-electron chi connectivity index (χ1n) is 11.4. The molecular formula is C27H29FN4O2. The highest BCUT2D eigenvalue weighted by molar-refractivity contribution is 6.08. The summed E-state index contributed by atoms with van der Waals surface area (Å²) in [6.45, 7) is 1.17. The second kappa shape index (κ2) is 10.6. The van der Waals surface area contributed by atoms with Gasteiger partial charge in [-0.3, -0.25) is 9.59 Å². The van der Waals surface area contributed by atoms with Crippen LogP contribution in [0.4, 0.5) is 10.1 Å². The van der Waals surface area contributed by atoms with E-state index in [0.717, 1.165) is 35.5 Å². The molecule has 0 saturated carbocycles. The minimum atomic E-state index is -0.344. The van der Waals surface area contributed by atoms with Crippen LogP contribution in [0.15, 0.2) is 77.9 Å². The minimum Gasteiger partial charge on any atom is -0.326 e. The number of hydrogen-bond acceptors (Lipinski definition) is 4. The van der Waals surface area contributed by atoms with Crippen LogP contribution in [0.1, 0.15) is 24.0 Å². The molecule has 0 spiro atoms. The van der Waals surface area contributed by atoms with E-state index in [4.69, 9.17) is 0 Å². The number of nitrogens with zero attached hydrogens (tertiary/aromatic N) is 3. The van der Waals surface area contributed by atoms with Crippen LogP contribution in [-0.4, -0.2) is 48.1 Å². The van der Waals surface area contributed by atoms with Gasteiger partial charge in [-0.25, -0.2) is 9.40 Å². The van der Waals surface area contributed by atoms with E-state index in [9.17, 15) is 14.0 Å². The summed E-state index contributed by atoms with van der Waals surface area (Å²) in [6, 6.07) is 13.7. The third-order valence-corrected chi connectivity index (χ3v) is 5.94. The van der Waals surface area contributed by atoms with E-state index in [0.29, 0.717) is 13.0 Å². The first-order valence-corrected chi connectivity index (χ1v) is 11.4. The van der Waals surface area contributed by atoms with Gasteiger partial charge in [-0.1, -0.05) is 48.6 Å². The Bertz CT molecular complexity index is 1120. The predicted octanol–water partition coefficient (Wildman–Crippen LogP) is 4.21. The predicted molar refractivity (Wildman–Crippen MR) is 132 cm³/mol. The average Bonchev–Trinajstić information content (AvgIpc) is 2.82. The molecule has 2 amide bonds. The standard InChI is InChI=1S/C27H29FN4O2/c1-31(2)17-5-8-25(33)29-22-15-9-19(10-16-22)18-32-27(34)24-7-4-3-6-23(24)26(30-32)20-11-13-21(28)14-12-20/h3-4,6-7,9-16,23-24H,5,8,17-18H2,1-2H3,(H,29,33). The third-order valence-electron chi connectivity index (χ3n) is 5.94. The Labute approximate surface area is 199 Å². The summed E-state index contributed by atoms with van der Waals surface area (Å²) >= 11 is 0. The van der Waals surface area contributed by atoms with E-state index < -0.39 is 0 Å². The van der Waals surface area contributed by atoms with Crippen molar-refractivity contribution in [1.29, 1.82) is 0 Å². The molecule has 1 aliphatic heterocycles. The first kappa shape index (κ1) is 23.6. The normalized spacial score (nSPS) is 19.2. The van der Waals surface area contributed by atoms with E-state index in [1.807, 2.05) is 62.7 Å². The lowest BCUT2D eigenvalue weighted by Crippen LogP contribution is -2.43. The second-order valence-corrected chi connectivity index (χ2v) is 8.86. The van der Waals surface area contributed by atoms with Gasteiger partial charge in [0.25, 0.3) is 5.91 Å². The summed E-state index contributed by atoms with van der Waals surface area (Å²) < 4.78 is 13.5. The van der Waals surface area contributed by atoms with Crippen LogP contribution >= 0.6 is 0 Å². The second-order valence-electron chi connectivity index (χ2n) is 8.86. The highest BCUT2D eigenvalue weighted by atomic mass is 19.1. The summed E-state index contributed by atoms with van der Waals surface area (Å²) in [7, 11) is 3.97. The number of anilines is 1. The topological polar surface area (TPSA) is 65.0 Å². The molecule has 0 bridgehead atoms. The van der Waals surface area contributed by atoms with Gasteiger partial charge < -0.3 is 10.2 Å². The van der Waals surface area contributed by atoms with Gasteiger partial charge in [-0.2, -0.15) is 5.10 Å². The maximum atomic E-state index is 13.5. The van der Waals surface area contributed by atoms with Crippen molar-refractivity contribution in [1.82, 2.24) is 9.91 Å². The molecule has 1 heterocycles. The summed E-state index contributed by atoms with van der Waals surface area (Å²) in [5, 5.41) is 9.08. The van der Waals surface area contributed by atoms with Crippen molar-refractivity contribution >= 4 is 23.2 Å². The monoisotopic (exact) mass is 460 g/mol. The number of nitrogens with one attached hydrogen (secondary N) is 1. The largest absolute Gasteiger partial charge is 0.326 e. The van der Waals surface area contributed by atoms with E-state index in [2.05, 4.69) is 15.3 Å². The molecule has 4 rings (SSSR count). The Morgan fingerprint density at radius 1 is 1.03 bits per heavy atom. The molecule has 7 heteroatoms. The molecule has 2 aromatic carbocycles. The van der Waals surface area contributed by atoms with E-state index >= 15 is 0 Å². The van der Waals surface area contributed by atoms with Gasteiger partial charge in [0.2, 0.25) is 5.91 Å². The van der Waals surface area contributed by atoms with Crippen molar-refractivity contribution in [3.8, 4) is 0 Å². The Hall–Kier alpha value is -3.58. The molecule has 0 fully saturated rings. The van der Waals surface area contributed by atoms with Crippen LogP contribution in [0.5, 0.6) is 0 Å². The molecule has 0 saturated heterocycles. The summed E-state index contributed by atoms with van der Waals surface area (Å²) in [5.74, 6) is -0.923. The average molecular weight is 461 g/mol. The van der Waals surface area contributed by atoms with Crippen molar-refractivity contribution in [2.24, 2.45) is 16.9 Å². The first-order chi connectivity index (χ1) is 16.4. The van der Waals surface area contributed by atoms with Crippen LogP contribution in [0.3, 0.4) is 0 Å². The van der Waals surface area contributed by atoms with E-state index in [-0.39, 0.29) is 29.5 Å². The van der Waals surface area contributed by atoms with E-state index in [1.165, 1.54) is 17.1 Å². The van der Waals surface area contributed by atoms with Crippen LogP contribution in [-0.2, 0) is 16.1 Å². The molecule has 176 valence electrons.